The Morgan fingerprint density at radius 2 is 2.00 bits per heavy atom. The van der Waals surface area contributed by atoms with Crippen LogP contribution in [0, 0.1) is 0 Å². The molecule has 0 atom stereocenters. The highest BCUT2D eigenvalue weighted by molar-refractivity contribution is 7.89. The number of nitrogens with zero attached hydrogens (tertiary/aromatic N) is 1. The summed E-state index contributed by atoms with van der Waals surface area (Å²) in [5.41, 5.74) is 0.665. The van der Waals surface area contributed by atoms with Gasteiger partial charge >= 0.3 is 0 Å². The van der Waals surface area contributed by atoms with Crippen LogP contribution >= 0.6 is 0 Å². The van der Waals surface area contributed by atoms with Crippen LogP contribution in [0.4, 0.5) is 0 Å². The molecule has 15 heavy (non-hydrogen) atoms. The van der Waals surface area contributed by atoms with Gasteiger partial charge in [0.2, 0.25) is 10.0 Å². The predicted molar refractivity (Wildman–Crippen MR) is 58.7 cm³/mol. The van der Waals surface area contributed by atoms with Crippen molar-refractivity contribution < 1.29 is 13.2 Å². The first-order chi connectivity index (χ1) is 7.02. The Kier molecular flexibility index (Phi) is 2.19. The molecule has 80 valence electrons. The zero-order chi connectivity index (χ0) is 11.1. The van der Waals surface area contributed by atoms with E-state index in [2.05, 4.69) is 0 Å². The van der Waals surface area contributed by atoms with Gasteiger partial charge in [-0.05, 0) is 24.3 Å². The van der Waals surface area contributed by atoms with Gasteiger partial charge in [-0.1, -0.05) is 0 Å². The second-order valence-electron chi connectivity index (χ2n) is 3.30. The Bertz CT molecular complexity index is 598. The minimum atomic E-state index is -3.23. The van der Waals surface area contributed by atoms with E-state index >= 15 is 0 Å². The number of hydrogen-bond donors (Lipinski definition) is 0. The van der Waals surface area contributed by atoms with Crippen molar-refractivity contribution in [2.75, 3.05) is 13.4 Å². The highest BCUT2D eigenvalue weighted by Crippen LogP contribution is 2.22. The largest absolute Gasteiger partial charge is 0.497 e. The molecule has 5 heteroatoms. The van der Waals surface area contributed by atoms with E-state index in [1.165, 1.54) is 10.2 Å². The lowest BCUT2D eigenvalue weighted by Crippen LogP contribution is -2.07. The zero-order valence-corrected chi connectivity index (χ0v) is 9.28. The molecular weight excluding hydrogens is 214 g/mol. The van der Waals surface area contributed by atoms with Crippen molar-refractivity contribution in [2.45, 2.75) is 0 Å². The summed E-state index contributed by atoms with van der Waals surface area (Å²) in [6, 6.07) is 7.02. The first kappa shape index (κ1) is 10.0. The van der Waals surface area contributed by atoms with E-state index < -0.39 is 10.0 Å². The summed E-state index contributed by atoms with van der Waals surface area (Å²) in [6.07, 6.45) is 2.72. The lowest BCUT2D eigenvalue weighted by Gasteiger charge is -2.03. The fourth-order valence-corrected chi connectivity index (χ4v) is 2.32. The molecule has 1 heterocycles. The van der Waals surface area contributed by atoms with Crippen LogP contribution < -0.4 is 4.74 Å². The van der Waals surface area contributed by atoms with Crippen LogP contribution in [0.3, 0.4) is 0 Å². The van der Waals surface area contributed by atoms with Crippen molar-refractivity contribution in [3.63, 3.8) is 0 Å². The van der Waals surface area contributed by atoms with Gasteiger partial charge in [0.1, 0.15) is 5.75 Å². The van der Waals surface area contributed by atoms with Crippen LogP contribution in [0.5, 0.6) is 5.75 Å². The van der Waals surface area contributed by atoms with Crippen LogP contribution in [0.1, 0.15) is 0 Å². The van der Waals surface area contributed by atoms with Crippen molar-refractivity contribution in [3.8, 4) is 5.75 Å². The van der Waals surface area contributed by atoms with Gasteiger partial charge in [0.25, 0.3) is 0 Å². The summed E-state index contributed by atoms with van der Waals surface area (Å²) in [7, 11) is -1.65. The Hall–Kier alpha value is -1.49. The topological polar surface area (TPSA) is 48.3 Å². The van der Waals surface area contributed by atoms with Crippen molar-refractivity contribution in [1.82, 2.24) is 3.97 Å². The summed E-state index contributed by atoms with van der Waals surface area (Å²) in [5.74, 6) is 0.716. The SMILES string of the molecule is COc1ccc2c(ccn2S(C)(=O)=O)c1. The van der Waals surface area contributed by atoms with Gasteiger partial charge in [0.05, 0.1) is 18.9 Å². The molecule has 0 saturated heterocycles. The van der Waals surface area contributed by atoms with Crippen LogP contribution in [-0.4, -0.2) is 25.8 Å². The Morgan fingerprint density at radius 3 is 2.60 bits per heavy atom. The third kappa shape index (κ3) is 1.70. The van der Waals surface area contributed by atoms with Crippen LogP contribution in [0.25, 0.3) is 10.9 Å². The van der Waals surface area contributed by atoms with E-state index in [4.69, 9.17) is 4.74 Å². The lowest BCUT2D eigenvalue weighted by molar-refractivity contribution is 0.415. The summed E-state index contributed by atoms with van der Waals surface area (Å²) in [4.78, 5) is 0. The summed E-state index contributed by atoms with van der Waals surface area (Å²) >= 11 is 0. The molecule has 0 N–H and O–H groups in total. The van der Waals surface area contributed by atoms with Gasteiger partial charge < -0.3 is 4.74 Å². The third-order valence-electron chi connectivity index (χ3n) is 2.22. The molecule has 0 aliphatic heterocycles. The maximum atomic E-state index is 11.4. The molecule has 0 bridgehead atoms. The minimum absolute atomic E-state index is 0.665. The number of benzene rings is 1. The normalized spacial score (nSPS) is 11.9. The quantitative estimate of drug-likeness (QED) is 0.777. The van der Waals surface area contributed by atoms with Crippen LogP contribution in [0.15, 0.2) is 30.5 Å². The van der Waals surface area contributed by atoms with Crippen molar-refractivity contribution in [2.24, 2.45) is 0 Å². The Labute approximate surface area is 88.1 Å². The van der Waals surface area contributed by atoms with E-state index in [1.54, 1.807) is 37.6 Å². The van der Waals surface area contributed by atoms with E-state index in [9.17, 15) is 8.42 Å². The zero-order valence-electron chi connectivity index (χ0n) is 8.47. The van der Waals surface area contributed by atoms with Gasteiger partial charge in [-0.15, -0.1) is 0 Å². The standard InChI is InChI=1S/C10H11NO3S/c1-14-9-3-4-10-8(7-9)5-6-11(10)15(2,12)13/h3-7H,1-2H3. The molecule has 2 rings (SSSR count). The molecule has 0 fully saturated rings. The number of ether oxygens (including phenoxy) is 1. The van der Waals surface area contributed by atoms with Crippen molar-refractivity contribution in [3.05, 3.63) is 30.5 Å². The van der Waals surface area contributed by atoms with Gasteiger partial charge in [-0.2, -0.15) is 0 Å². The first-order valence-corrected chi connectivity index (χ1v) is 6.23. The van der Waals surface area contributed by atoms with E-state index in [1.807, 2.05) is 0 Å². The third-order valence-corrected chi connectivity index (χ3v) is 3.25. The molecule has 0 saturated carbocycles. The van der Waals surface area contributed by atoms with E-state index in [-0.39, 0.29) is 0 Å². The molecule has 0 amide bonds. The molecular formula is C10H11NO3S. The summed E-state index contributed by atoms with van der Waals surface area (Å²) in [5, 5.41) is 0.847. The second-order valence-corrected chi connectivity index (χ2v) is 5.16. The van der Waals surface area contributed by atoms with Crippen LogP contribution in [-0.2, 0) is 10.0 Å². The second kappa shape index (κ2) is 3.27. The molecule has 1 aromatic heterocycles. The molecule has 0 unspecified atom stereocenters. The fourth-order valence-electron chi connectivity index (χ4n) is 1.51. The number of aromatic nitrogens is 1. The predicted octanol–water partition coefficient (Wildman–Crippen LogP) is 1.46. The smallest absolute Gasteiger partial charge is 0.236 e. The van der Waals surface area contributed by atoms with Gasteiger partial charge in [-0.25, -0.2) is 12.4 Å². The molecule has 0 aliphatic rings. The maximum absolute atomic E-state index is 11.4. The summed E-state index contributed by atoms with van der Waals surface area (Å²) in [6.45, 7) is 0. The number of methoxy groups -OCH3 is 1. The van der Waals surface area contributed by atoms with Crippen molar-refractivity contribution >= 4 is 20.9 Å². The number of hydrogen-bond acceptors (Lipinski definition) is 3. The maximum Gasteiger partial charge on any atom is 0.236 e. The number of rotatable bonds is 2. The number of fused-ring (bicyclic) bond motifs is 1. The Balaban J connectivity index is 2.73. The van der Waals surface area contributed by atoms with Gasteiger partial charge in [0.15, 0.2) is 0 Å². The molecule has 4 nitrogen and oxygen atoms in total. The minimum Gasteiger partial charge on any atom is -0.497 e. The lowest BCUT2D eigenvalue weighted by atomic mass is 10.2. The molecule has 2 aromatic rings. The van der Waals surface area contributed by atoms with E-state index in [0.717, 1.165) is 5.39 Å². The molecule has 1 aromatic carbocycles. The van der Waals surface area contributed by atoms with E-state index in [0.29, 0.717) is 11.3 Å². The van der Waals surface area contributed by atoms with Gasteiger partial charge in [0, 0.05) is 11.6 Å². The highest BCUT2D eigenvalue weighted by Gasteiger charge is 2.09. The molecule has 0 spiro atoms. The fraction of sp³-hybridized carbons (Fsp3) is 0.200. The molecule has 0 radical (unpaired) electrons. The molecule has 0 aliphatic carbocycles. The first-order valence-electron chi connectivity index (χ1n) is 4.38. The average molecular weight is 225 g/mol. The Morgan fingerprint density at radius 1 is 1.27 bits per heavy atom. The summed E-state index contributed by atoms with van der Waals surface area (Å²) < 4.78 is 29.1. The monoisotopic (exact) mass is 225 g/mol. The van der Waals surface area contributed by atoms with Crippen LogP contribution in [0.2, 0.25) is 0 Å². The average Bonchev–Trinajstić information content (AvgIpc) is 2.59. The highest BCUT2D eigenvalue weighted by atomic mass is 32.2. The van der Waals surface area contributed by atoms with Crippen molar-refractivity contribution in [1.29, 1.82) is 0 Å². The van der Waals surface area contributed by atoms with Gasteiger partial charge in [-0.3, -0.25) is 0 Å².